The van der Waals surface area contributed by atoms with Crippen molar-refractivity contribution in [1.29, 1.82) is 0 Å². The second kappa shape index (κ2) is 14.4. The fraction of sp³-hybridized carbons (Fsp3) is 0.455. The summed E-state index contributed by atoms with van der Waals surface area (Å²) in [5, 5.41) is 44.1. The zero-order valence-corrected chi connectivity index (χ0v) is 19.9. The van der Waals surface area contributed by atoms with Crippen molar-refractivity contribution in [3.63, 3.8) is 0 Å². The molecule has 0 spiro atoms. The van der Waals surface area contributed by atoms with Crippen LogP contribution in [0.5, 0.6) is 5.75 Å². The van der Waals surface area contributed by atoms with Gasteiger partial charge in [0.05, 0.1) is 18.6 Å². The first-order valence-electron chi connectivity index (χ1n) is 11.1. The maximum Gasteiger partial charge on any atom is 0.328 e. The predicted molar refractivity (Wildman–Crippen MR) is 126 cm³/mol. The van der Waals surface area contributed by atoms with Crippen molar-refractivity contribution in [2.45, 2.75) is 62.9 Å². The van der Waals surface area contributed by atoms with Crippen LogP contribution in [0, 0.1) is 0 Å². The van der Waals surface area contributed by atoms with Gasteiger partial charge in [-0.1, -0.05) is 12.1 Å². The molecule has 1 aromatic rings. The van der Waals surface area contributed by atoms with Crippen LogP contribution in [0.25, 0.3) is 0 Å². The maximum atomic E-state index is 12.9. The third-order valence-corrected chi connectivity index (χ3v) is 5.11. The number of phenolic OH excluding ortho intramolecular Hbond substituents is 1. The molecule has 0 fully saturated rings. The summed E-state index contributed by atoms with van der Waals surface area (Å²) in [6.07, 6.45) is -3.00. The lowest BCUT2D eigenvalue weighted by Gasteiger charge is -2.25. The fourth-order valence-electron chi connectivity index (χ4n) is 3.08. The number of rotatable bonds is 15. The van der Waals surface area contributed by atoms with Crippen molar-refractivity contribution in [2.75, 3.05) is 0 Å². The van der Waals surface area contributed by atoms with Crippen molar-refractivity contribution in [3.8, 4) is 5.75 Å². The van der Waals surface area contributed by atoms with Crippen molar-refractivity contribution in [3.05, 3.63) is 29.8 Å². The summed E-state index contributed by atoms with van der Waals surface area (Å²) < 4.78 is 0. The van der Waals surface area contributed by atoms with Gasteiger partial charge in [-0.2, -0.15) is 0 Å². The van der Waals surface area contributed by atoms with Gasteiger partial charge >= 0.3 is 11.9 Å². The number of carboxylic acids is 2. The molecular formula is C22H31N5O10. The third kappa shape index (κ3) is 10.9. The van der Waals surface area contributed by atoms with Crippen LogP contribution in [-0.4, -0.2) is 86.3 Å². The standard InChI is InChI=1S/C22H31N5O10/c1-10(28)18(22(36)37)27-21(35)14(8-11-2-4-12(29)5-3-11)26-20(34)15(9-17(31)32)25-19(33)13(23)6-7-16(24)30/h2-5,10,13-15,18,28-29H,6-9,23H2,1H3,(H2,24,30)(H,25,33)(H,26,34)(H,27,35)(H,31,32)(H,36,37). The molecule has 0 heterocycles. The molecule has 0 saturated carbocycles. The molecule has 1 rings (SSSR count). The number of hydrogen-bond donors (Lipinski definition) is 9. The highest BCUT2D eigenvalue weighted by Gasteiger charge is 2.32. The molecule has 5 atom stereocenters. The van der Waals surface area contributed by atoms with Gasteiger partial charge in [0, 0.05) is 12.8 Å². The zero-order valence-electron chi connectivity index (χ0n) is 19.9. The van der Waals surface area contributed by atoms with Crippen molar-refractivity contribution >= 4 is 35.6 Å². The van der Waals surface area contributed by atoms with Crippen LogP contribution in [0.4, 0.5) is 0 Å². The molecule has 37 heavy (non-hydrogen) atoms. The van der Waals surface area contributed by atoms with Crippen LogP contribution < -0.4 is 27.4 Å². The summed E-state index contributed by atoms with van der Waals surface area (Å²) in [6, 6.07) is -0.689. The Morgan fingerprint density at radius 1 is 0.892 bits per heavy atom. The summed E-state index contributed by atoms with van der Waals surface area (Å²) in [5.41, 5.74) is 11.1. The van der Waals surface area contributed by atoms with Gasteiger partial charge < -0.3 is 47.8 Å². The fourth-order valence-corrected chi connectivity index (χ4v) is 3.08. The minimum atomic E-state index is -1.72. The normalized spacial score (nSPS) is 14.8. The van der Waals surface area contributed by atoms with Gasteiger partial charge in [-0.25, -0.2) is 4.79 Å². The second-order valence-electron chi connectivity index (χ2n) is 8.27. The average Bonchev–Trinajstić information content (AvgIpc) is 2.80. The highest BCUT2D eigenvalue weighted by Crippen LogP contribution is 2.12. The molecule has 15 heteroatoms. The minimum Gasteiger partial charge on any atom is -0.508 e. The van der Waals surface area contributed by atoms with Crippen LogP contribution in [0.3, 0.4) is 0 Å². The highest BCUT2D eigenvalue weighted by atomic mass is 16.4. The molecule has 5 unspecified atom stereocenters. The molecule has 0 aliphatic rings. The van der Waals surface area contributed by atoms with E-state index in [0.717, 1.165) is 6.92 Å². The molecule has 0 aliphatic heterocycles. The van der Waals surface area contributed by atoms with Crippen molar-refractivity contribution in [2.24, 2.45) is 11.5 Å². The number of hydrogen-bond acceptors (Lipinski definition) is 9. The first kappa shape index (κ1) is 30.8. The zero-order chi connectivity index (χ0) is 28.3. The maximum absolute atomic E-state index is 12.9. The van der Waals surface area contributed by atoms with E-state index in [2.05, 4.69) is 16.0 Å². The number of nitrogens with one attached hydrogen (secondary N) is 3. The number of nitrogens with two attached hydrogens (primary N) is 2. The molecule has 204 valence electrons. The van der Waals surface area contributed by atoms with Gasteiger partial charge in [0.2, 0.25) is 23.6 Å². The molecule has 0 radical (unpaired) electrons. The van der Waals surface area contributed by atoms with Crippen LogP contribution in [-0.2, 0) is 35.2 Å². The second-order valence-corrected chi connectivity index (χ2v) is 8.27. The number of carbonyl (C=O) groups excluding carboxylic acids is 4. The summed E-state index contributed by atoms with van der Waals surface area (Å²) >= 11 is 0. The molecule has 0 bridgehead atoms. The highest BCUT2D eigenvalue weighted by molar-refractivity contribution is 5.95. The van der Waals surface area contributed by atoms with E-state index in [4.69, 9.17) is 11.5 Å². The predicted octanol–water partition coefficient (Wildman–Crippen LogP) is -3.08. The Hall–Kier alpha value is -4.24. The Morgan fingerprint density at radius 3 is 1.92 bits per heavy atom. The summed E-state index contributed by atoms with van der Waals surface area (Å²) in [4.78, 5) is 71.7. The van der Waals surface area contributed by atoms with Crippen LogP contribution >= 0.6 is 0 Å². The summed E-state index contributed by atoms with van der Waals surface area (Å²) in [7, 11) is 0. The number of aliphatic hydroxyl groups excluding tert-OH is 1. The number of aliphatic hydroxyl groups is 1. The van der Waals surface area contributed by atoms with Gasteiger partial charge in [-0.15, -0.1) is 0 Å². The lowest BCUT2D eigenvalue weighted by molar-refractivity contribution is -0.145. The van der Waals surface area contributed by atoms with E-state index in [-0.39, 0.29) is 25.0 Å². The lowest BCUT2D eigenvalue weighted by atomic mass is 10.0. The molecule has 4 amide bonds. The number of carboxylic acid groups (broad SMARTS) is 2. The van der Waals surface area contributed by atoms with Crippen LogP contribution in [0.1, 0.15) is 31.7 Å². The number of aliphatic carboxylic acids is 2. The first-order chi connectivity index (χ1) is 17.2. The van der Waals surface area contributed by atoms with E-state index in [0.29, 0.717) is 5.56 Å². The largest absolute Gasteiger partial charge is 0.508 e. The van der Waals surface area contributed by atoms with Crippen LogP contribution in [0.2, 0.25) is 0 Å². The van der Waals surface area contributed by atoms with E-state index >= 15 is 0 Å². The number of phenols is 1. The monoisotopic (exact) mass is 525 g/mol. The Morgan fingerprint density at radius 2 is 1.43 bits per heavy atom. The molecule has 15 nitrogen and oxygen atoms in total. The quantitative estimate of drug-likeness (QED) is 0.111. The first-order valence-corrected chi connectivity index (χ1v) is 11.1. The van der Waals surface area contributed by atoms with Gasteiger partial charge in [-0.3, -0.25) is 24.0 Å². The Balaban J connectivity index is 3.14. The van der Waals surface area contributed by atoms with Gasteiger partial charge in [0.25, 0.3) is 0 Å². The number of benzene rings is 1. The third-order valence-electron chi connectivity index (χ3n) is 5.11. The molecular weight excluding hydrogens is 494 g/mol. The minimum absolute atomic E-state index is 0.0780. The van der Waals surface area contributed by atoms with Gasteiger partial charge in [0.1, 0.15) is 17.8 Å². The number of carbonyl (C=O) groups is 6. The summed E-state index contributed by atoms with van der Waals surface area (Å²) in [6.45, 7) is 1.13. The molecule has 0 aromatic heterocycles. The van der Waals surface area contributed by atoms with Crippen LogP contribution in [0.15, 0.2) is 24.3 Å². The van der Waals surface area contributed by atoms with Gasteiger partial charge in [-0.05, 0) is 31.0 Å². The van der Waals surface area contributed by atoms with Gasteiger partial charge in [0.15, 0.2) is 6.04 Å². The smallest absolute Gasteiger partial charge is 0.328 e. The Kier molecular flexibility index (Phi) is 11.9. The van der Waals surface area contributed by atoms with E-state index in [1.54, 1.807) is 0 Å². The Bertz CT molecular complexity index is 998. The lowest BCUT2D eigenvalue weighted by Crippen LogP contribution is -2.59. The summed E-state index contributed by atoms with van der Waals surface area (Å²) in [5.74, 6) is -6.87. The molecule has 1 aromatic carbocycles. The molecule has 0 saturated heterocycles. The topological polar surface area (TPSA) is 271 Å². The van der Waals surface area contributed by atoms with Crippen molar-refractivity contribution < 1.29 is 49.2 Å². The Labute approximate surface area is 211 Å². The molecule has 11 N–H and O–H groups in total. The van der Waals surface area contributed by atoms with E-state index in [1.807, 2.05) is 0 Å². The van der Waals surface area contributed by atoms with E-state index in [9.17, 15) is 49.2 Å². The van der Waals surface area contributed by atoms with E-state index < -0.39 is 72.3 Å². The van der Waals surface area contributed by atoms with Crippen molar-refractivity contribution in [1.82, 2.24) is 16.0 Å². The number of amides is 4. The SMILES string of the molecule is CC(O)C(NC(=O)C(Cc1ccc(O)cc1)NC(=O)C(CC(=O)O)NC(=O)C(N)CCC(N)=O)C(=O)O. The molecule has 0 aliphatic carbocycles. The number of aromatic hydroxyl groups is 1. The van der Waals surface area contributed by atoms with E-state index in [1.165, 1.54) is 24.3 Å². The average molecular weight is 526 g/mol. The number of primary amides is 1.